The summed E-state index contributed by atoms with van der Waals surface area (Å²) in [5.41, 5.74) is 2.80. The van der Waals surface area contributed by atoms with Crippen LogP contribution in [0.5, 0.6) is 0 Å². The Bertz CT molecular complexity index is 392. The molecule has 0 heterocycles. The molecule has 1 fully saturated rings. The van der Waals surface area contributed by atoms with E-state index in [-0.39, 0.29) is 0 Å². The van der Waals surface area contributed by atoms with Crippen LogP contribution in [-0.4, -0.2) is 31.1 Å². The van der Waals surface area contributed by atoms with Crippen LogP contribution in [0.3, 0.4) is 0 Å². The van der Waals surface area contributed by atoms with Crippen LogP contribution in [0.25, 0.3) is 0 Å². The van der Waals surface area contributed by atoms with Gasteiger partial charge in [0.1, 0.15) is 0 Å². The van der Waals surface area contributed by atoms with Gasteiger partial charge in [0.25, 0.3) is 0 Å². The zero-order valence-electron chi connectivity index (χ0n) is 12.2. The molecule has 104 valence electrons. The van der Waals surface area contributed by atoms with Crippen molar-refractivity contribution >= 4 is 0 Å². The molecule has 0 bridgehead atoms. The number of nitrogens with zero attached hydrogens (tertiary/aromatic N) is 1. The second-order valence-corrected chi connectivity index (χ2v) is 5.81. The number of hydrogen-bond donors (Lipinski definition) is 1. The van der Waals surface area contributed by atoms with Crippen LogP contribution in [0.15, 0.2) is 36.9 Å². The molecule has 1 aromatic rings. The summed E-state index contributed by atoms with van der Waals surface area (Å²) in [6.07, 6.45) is 4.67. The lowest BCUT2D eigenvalue weighted by Gasteiger charge is -2.16. The lowest BCUT2D eigenvalue weighted by Crippen LogP contribution is -2.22. The molecule has 0 aromatic heterocycles. The number of likely N-dealkylation sites (N-methyl/N-ethyl adjacent to an activating group) is 1. The van der Waals surface area contributed by atoms with Gasteiger partial charge in [-0.2, -0.15) is 0 Å². The molecule has 1 atom stereocenters. The van der Waals surface area contributed by atoms with E-state index in [1.54, 1.807) is 0 Å². The van der Waals surface area contributed by atoms with Gasteiger partial charge in [-0.3, -0.25) is 4.90 Å². The fraction of sp³-hybridized carbons (Fsp3) is 0.529. The third-order valence-corrected chi connectivity index (χ3v) is 3.73. The standard InChI is InChI=1S/C17H26N2/c1-4-11-19(3)13-15-5-7-16(8-6-15)14(2)12-18-17-9-10-17/h4-8,14,17-18H,1,9-13H2,2-3H3. The van der Waals surface area contributed by atoms with E-state index < -0.39 is 0 Å². The summed E-state index contributed by atoms with van der Waals surface area (Å²) in [5, 5.41) is 3.60. The molecule has 1 aromatic carbocycles. The highest BCUT2D eigenvalue weighted by atomic mass is 15.1. The molecule has 0 saturated heterocycles. The van der Waals surface area contributed by atoms with Gasteiger partial charge in [0, 0.05) is 25.7 Å². The van der Waals surface area contributed by atoms with E-state index in [1.165, 1.54) is 24.0 Å². The van der Waals surface area contributed by atoms with Gasteiger partial charge in [0.05, 0.1) is 0 Å². The predicted molar refractivity (Wildman–Crippen MR) is 82.4 cm³/mol. The molecule has 2 nitrogen and oxygen atoms in total. The highest BCUT2D eigenvalue weighted by Gasteiger charge is 2.21. The average Bonchev–Trinajstić information content (AvgIpc) is 3.21. The summed E-state index contributed by atoms with van der Waals surface area (Å²) in [4.78, 5) is 2.26. The SMILES string of the molecule is C=CCN(C)Cc1ccc(C(C)CNC2CC2)cc1. The Morgan fingerprint density at radius 1 is 1.37 bits per heavy atom. The van der Waals surface area contributed by atoms with Gasteiger partial charge in [-0.05, 0) is 36.9 Å². The number of rotatable bonds is 8. The second kappa shape index (κ2) is 6.88. The Morgan fingerprint density at radius 2 is 2.05 bits per heavy atom. The summed E-state index contributed by atoms with van der Waals surface area (Å²) >= 11 is 0. The zero-order chi connectivity index (χ0) is 13.7. The van der Waals surface area contributed by atoms with Crippen molar-refractivity contribution in [3.8, 4) is 0 Å². The lowest BCUT2D eigenvalue weighted by molar-refractivity contribution is 0.363. The summed E-state index contributed by atoms with van der Waals surface area (Å²) in [6.45, 7) is 9.09. The first-order valence-corrected chi connectivity index (χ1v) is 7.30. The van der Waals surface area contributed by atoms with E-state index in [1.807, 2.05) is 6.08 Å². The van der Waals surface area contributed by atoms with E-state index >= 15 is 0 Å². The van der Waals surface area contributed by atoms with Crippen molar-refractivity contribution in [1.29, 1.82) is 0 Å². The Kier molecular flexibility index (Phi) is 5.17. The minimum atomic E-state index is 0.598. The molecule has 1 saturated carbocycles. The number of benzene rings is 1. The normalized spacial score (nSPS) is 16.6. The van der Waals surface area contributed by atoms with Gasteiger partial charge in [0.15, 0.2) is 0 Å². The van der Waals surface area contributed by atoms with Gasteiger partial charge >= 0.3 is 0 Å². The molecule has 1 N–H and O–H groups in total. The van der Waals surface area contributed by atoms with Crippen molar-refractivity contribution in [3.05, 3.63) is 48.0 Å². The topological polar surface area (TPSA) is 15.3 Å². The summed E-state index contributed by atoms with van der Waals surface area (Å²) in [7, 11) is 2.12. The maximum absolute atomic E-state index is 3.77. The average molecular weight is 258 g/mol. The smallest absolute Gasteiger partial charge is 0.0233 e. The van der Waals surface area contributed by atoms with Gasteiger partial charge in [-0.15, -0.1) is 6.58 Å². The zero-order valence-corrected chi connectivity index (χ0v) is 12.2. The highest BCUT2D eigenvalue weighted by Crippen LogP contribution is 2.21. The van der Waals surface area contributed by atoms with Crippen LogP contribution >= 0.6 is 0 Å². The molecule has 1 unspecified atom stereocenters. The minimum Gasteiger partial charge on any atom is -0.313 e. The Morgan fingerprint density at radius 3 is 2.63 bits per heavy atom. The van der Waals surface area contributed by atoms with Crippen molar-refractivity contribution in [2.75, 3.05) is 20.1 Å². The van der Waals surface area contributed by atoms with Crippen LogP contribution in [-0.2, 0) is 6.54 Å². The van der Waals surface area contributed by atoms with Crippen molar-refractivity contribution < 1.29 is 0 Å². The first-order valence-electron chi connectivity index (χ1n) is 7.30. The van der Waals surface area contributed by atoms with Crippen LogP contribution in [0, 0.1) is 0 Å². The molecule has 0 spiro atoms. The first kappa shape index (κ1) is 14.3. The van der Waals surface area contributed by atoms with Gasteiger partial charge in [-0.25, -0.2) is 0 Å². The molecular weight excluding hydrogens is 232 g/mol. The third-order valence-electron chi connectivity index (χ3n) is 3.73. The van der Waals surface area contributed by atoms with E-state index in [0.29, 0.717) is 5.92 Å². The molecule has 2 rings (SSSR count). The lowest BCUT2D eigenvalue weighted by atomic mass is 9.99. The van der Waals surface area contributed by atoms with Gasteiger partial charge in [-0.1, -0.05) is 37.3 Å². The molecule has 1 aliphatic carbocycles. The fourth-order valence-corrected chi connectivity index (χ4v) is 2.30. The van der Waals surface area contributed by atoms with Crippen molar-refractivity contribution in [1.82, 2.24) is 10.2 Å². The van der Waals surface area contributed by atoms with Crippen molar-refractivity contribution in [2.24, 2.45) is 0 Å². The Hall–Kier alpha value is -1.12. The quantitative estimate of drug-likeness (QED) is 0.721. The van der Waals surface area contributed by atoms with Crippen LogP contribution in [0.2, 0.25) is 0 Å². The molecule has 0 radical (unpaired) electrons. The van der Waals surface area contributed by atoms with E-state index in [2.05, 4.69) is 55.0 Å². The van der Waals surface area contributed by atoms with Gasteiger partial charge in [0.2, 0.25) is 0 Å². The van der Waals surface area contributed by atoms with E-state index in [0.717, 1.165) is 25.7 Å². The number of hydrogen-bond acceptors (Lipinski definition) is 2. The summed E-state index contributed by atoms with van der Waals surface area (Å²) in [6, 6.07) is 9.85. The molecule has 0 aliphatic heterocycles. The van der Waals surface area contributed by atoms with Crippen LogP contribution < -0.4 is 5.32 Å². The van der Waals surface area contributed by atoms with Crippen LogP contribution in [0.1, 0.15) is 36.8 Å². The number of nitrogens with one attached hydrogen (secondary N) is 1. The summed E-state index contributed by atoms with van der Waals surface area (Å²) in [5.74, 6) is 0.598. The monoisotopic (exact) mass is 258 g/mol. The fourth-order valence-electron chi connectivity index (χ4n) is 2.30. The first-order chi connectivity index (χ1) is 9.19. The minimum absolute atomic E-state index is 0.598. The van der Waals surface area contributed by atoms with Crippen LogP contribution in [0.4, 0.5) is 0 Å². The predicted octanol–water partition coefficient (Wildman–Crippen LogP) is 3.16. The van der Waals surface area contributed by atoms with Crippen molar-refractivity contribution in [3.63, 3.8) is 0 Å². The maximum Gasteiger partial charge on any atom is 0.0233 e. The van der Waals surface area contributed by atoms with E-state index in [9.17, 15) is 0 Å². The van der Waals surface area contributed by atoms with Gasteiger partial charge < -0.3 is 5.32 Å². The Balaban J connectivity index is 1.83. The molecule has 19 heavy (non-hydrogen) atoms. The molecule has 1 aliphatic rings. The largest absolute Gasteiger partial charge is 0.313 e. The molecule has 0 amide bonds. The highest BCUT2D eigenvalue weighted by molar-refractivity contribution is 5.25. The molecule has 2 heteroatoms. The second-order valence-electron chi connectivity index (χ2n) is 5.81. The maximum atomic E-state index is 3.77. The summed E-state index contributed by atoms with van der Waals surface area (Å²) < 4.78 is 0. The third kappa shape index (κ3) is 4.81. The van der Waals surface area contributed by atoms with E-state index in [4.69, 9.17) is 0 Å². The molecular formula is C17H26N2. The Labute approximate surface area is 117 Å². The van der Waals surface area contributed by atoms with Crippen molar-refractivity contribution in [2.45, 2.75) is 38.3 Å².